The number of urea groups is 1. The number of halogens is 4. The largest absolute Gasteiger partial charge is 0.466 e. The quantitative estimate of drug-likeness (QED) is 0.136. The standard InChI is InChI=1S/C45H61ClF3N7O7/c46-37-29-31(28-36(41(37)50)45(47,48)49)30-39(63-44(60)55-20-11-35(12-21-55)56-22-10-34-4-1-2-5-38(34)51-43(56)59)42(58)54-18-8-33(9-19-54)32-6-15-53(16-7-32)17-13-40(57)62-25-3-14-52-23-26-61-27-24-52/h1-2,4-5,28-29,32-33,35,39H,3,6-27,30,50H2,(H,51,59)/t39-/m1/s1. The predicted octanol–water partition coefficient (Wildman–Crippen LogP) is 6.15. The molecule has 18 heteroatoms. The summed E-state index contributed by atoms with van der Waals surface area (Å²) in [4.78, 5) is 63.1. The van der Waals surface area contributed by atoms with E-state index >= 15 is 0 Å². The van der Waals surface area contributed by atoms with E-state index in [9.17, 15) is 32.3 Å². The van der Waals surface area contributed by atoms with Gasteiger partial charge in [-0.3, -0.25) is 14.5 Å². The van der Waals surface area contributed by atoms with Gasteiger partial charge in [-0.2, -0.15) is 13.2 Å². The van der Waals surface area contributed by atoms with Crippen molar-refractivity contribution in [1.29, 1.82) is 0 Å². The van der Waals surface area contributed by atoms with Gasteiger partial charge in [0.1, 0.15) is 0 Å². The van der Waals surface area contributed by atoms with Crippen molar-refractivity contribution in [2.75, 3.05) is 103 Å². The molecule has 4 amide bonds. The third-order valence-electron chi connectivity index (χ3n) is 13.5. The smallest absolute Gasteiger partial charge is 0.418 e. The number of amides is 4. The van der Waals surface area contributed by atoms with E-state index in [2.05, 4.69) is 15.1 Å². The number of ether oxygens (including phenoxy) is 3. The third kappa shape index (κ3) is 12.5. The van der Waals surface area contributed by atoms with Gasteiger partial charge in [-0.15, -0.1) is 0 Å². The van der Waals surface area contributed by atoms with E-state index in [4.69, 9.17) is 31.5 Å². The van der Waals surface area contributed by atoms with Crippen LogP contribution in [0.3, 0.4) is 0 Å². The molecule has 0 bridgehead atoms. The zero-order valence-corrected chi connectivity index (χ0v) is 36.7. The topological polar surface area (TPSA) is 150 Å². The minimum Gasteiger partial charge on any atom is -0.466 e. The SMILES string of the molecule is Nc1c(Cl)cc(C[C@@H](OC(=O)N2CCC(N3CCc4ccccc4NC3=O)CC2)C(=O)N2CCC(C3CCN(CCC(=O)OCCCN4CCOCC4)CC3)CC2)cc1C(F)(F)F. The van der Waals surface area contributed by atoms with Crippen LogP contribution < -0.4 is 11.1 Å². The molecule has 0 unspecified atom stereocenters. The lowest BCUT2D eigenvalue weighted by molar-refractivity contribution is -0.144. The van der Waals surface area contributed by atoms with Gasteiger partial charge in [0.2, 0.25) is 0 Å². The fraction of sp³-hybridized carbons (Fsp3) is 0.644. The van der Waals surface area contributed by atoms with Crippen LogP contribution in [-0.4, -0.2) is 152 Å². The molecule has 346 valence electrons. The number of carbonyl (C=O) groups is 4. The Morgan fingerprint density at radius 3 is 2.21 bits per heavy atom. The number of para-hydroxylation sites is 1. The van der Waals surface area contributed by atoms with Gasteiger partial charge in [0.05, 0.1) is 42.5 Å². The average molecular weight is 904 g/mol. The summed E-state index contributed by atoms with van der Waals surface area (Å²) >= 11 is 6.17. The van der Waals surface area contributed by atoms with Gasteiger partial charge in [-0.25, -0.2) is 9.59 Å². The Labute approximate surface area is 372 Å². The molecule has 14 nitrogen and oxygen atoms in total. The number of carbonyl (C=O) groups excluding carboxylic acids is 4. The van der Waals surface area contributed by atoms with Gasteiger partial charge >= 0.3 is 24.3 Å². The molecule has 1 atom stereocenters. The Morgan fingerprint density at radius 2 is 1.51 bits per heavy atom. The molecule has 3 N–H and O–H groups in total. The second-order valence-electron chi connectivity index (χ2n) is 17.5. The first-order chi connectivity index (χ1) is 30.3. The number of nitrogen functional groups attached to an aromatic ring is 1. The molecule has 0 aliphatic carbocycles. The van der Waals surface area contributed by atoms with Crippen LogP contribution in [0.25, 0.3) is 0 Å². The highest BCUT2D eigenvalue weighted by molar-refractivity contribution is 6.33. The number of alkyl halides is 3. The van der Waals surface area contributed by atoms with Crippen LogP contribution in [0.15, 0.2) is 36.4 Å². The van der Waals surface area contributed by atoms with Crippen molar-refractivity contribution < 1.29 is 46.6 Å². The molecule has 5 heterocycles. The van der Waals surface area contributed by atoms with Crippen LogP contribution in [-0.2, 0) is 42.8 Å². The zero-order chi connectivity index (χ0) is 44.5. The van der Waals surface area contributed by atoms with Crippen molar-refractivity contribution in [3.05, 3.63) is 58.1 Å². The summed E-state index contributed by atoms with van der Waals surface area (Å²) in [6.07, 6.45) is -0.916. The number of hydrogen-bond acceptors (Lipinski definition) is 10. The highest BCUT2D eigenvalue weighted by atomic mass is 35.5. The highest BCUT2D eigenvalue weighted by Gasteiger charge is 2.39. The first-order valence-corrected chi connectivity index (χ1v) is 22.9. The predicted molar refractivity (Wildman–Crippen MR) is 231 cm³/mol. The van der Waals surface area contributed by atoms with Crippen LogP contribution in [0.1, 0.15) is 68.1 Å². The number of piperidine rings is 3. The molecule has 4 fully saturated rings. The van der Waals surface area contributed by atoms with Crippen molar-refractivity contribution in [2.24, 2.45) is 11.8 Å². The van der Waals surface area contributed by atoms with Crippen molar-refractivity contribution in [3.8, 4) is 0 Å². The van der Waals surface area contributed by atoms with Crippen LogP contribution in [0.5, 0.6) is 0 Å². The second-order valence-corrected chi connectivity index (χ2v) is 17.9. The minimum atomic E-state index is -4.79. The average Bonchev–Trinajstić information content (AvgIpc) is 3.46. The van der Waals surface area contributed by atoms with Gasteiger partial charge in [0, 0.05) is 77.1 Å². The molecule has 2 aromatic rings. The lowest BCUT2D eigenvalue weighted by Gasteiger charge is -2.41. The summed E-state index contributed by atoms with van der Waals surface area (Å²) in [6, 6.07) is 9.52. The number of anilines is 2. The Hall–Kier alpha value is -4.32. The molecule has 0 saturated carbocycles. The third-order valence-corrected chi connectivity index (χ3v) is 13.8. The maximum atomic E-state index is 14.2. The summed E-state index contributed by atoms with van der Waals surface area (Å²) < 4.78 is 58.6. The summed E-state index contributed by atoms with van der Waals surface area (Å²) in [5.74, 6) is 0.216. The lowest BCUT2D eigenvalue weighted by atomic mass is 9.78. The number of nitrogens with zero attached hydrogens (tertiary/aromatic N) is 5. The van der Waals surface area contributed by atoms with Crippen LogP contribution in [0.4, 0.5) is 34.1 Å². The van der Waals surface area contributed by atoms with Crippen LogP contribution >= 0.6 is 11.6 Å². The summed E-state index contributed by atoms with van der Waals surface area (Å²) in [5.41, 5.74) is 5.88. The van der Waals surface area contributed by atoms with E-state index in [1.807, 2.05) is 24.3 Å². The van der Waals surface area contributed by atoms with Gasteiger partial charge in [0.25, 0.3) is 5.91 Å². The molecule has 7 rings (SSSR count). The molecule has 4 saturated heterocycles. The van der Waals surface area contributed by atoms with E-state index in [0.29, 0.717) is 70.3 Å². The van der Waals surface area contributed by atoms with Gasteiger partial charge in [-0.1, -0.05) is 29.8 Å². The molecular formula is C45H61ClF3N7O7. The highest BCUT2D eigenvalue weighted by Crippen LogP contribution is 2.39. The molecular weight excluding hydrogens is 843 g/mol. The molecule has 0 radical (unpaired) electrons. The normalized spacial score (nSPS) is 20.8. The summed E-state index contributed by atoms with van der Waals surface area (Å²) in [7, 11) is 0. The second kappa shape index (κ2) is 21.6. The molecule has 0 spiro atoms. The molecule has 5 aliphatic rings. The fourth-order valence-electron chi connectivity index (χ4n) is 9.78. The van der Waals surface area contributed by atoms with Crippen molar-refractivity contribution >= 4 is 47.0 Å². The Balaban J connectivity index is 0.899. The van der Waals surface area contributed by atoms with E-state index in [0.717, 1.165) is 95.4 Å². The Kier molecular flexibility index (Phi) is 16.0. The van der Waals surface area contributed by atoms with Crippen molar-refractivity contribution in [3.63, 3.8) is 0 Å². The van der Waals surface area contributed by atoms with E-state index in [-0.39, 0.29) is 48.1 Å². The summed E-state index contributed by atoms with van der Waals surface area (Å²) in [6.45, 7) is 9.02. The number of esters is 1. The van der Waals surface area contributed by atoms with Gasteiger partial charge in [0.15, 0.2) is 6.10 Å². The number of rotatable bonds is 13. The van der Waals surface area contributed by atoms with Gasteiger partial charge in [-0.05, 0) is 106 Å². The number of benzene rings is 2. The van der Waals surface area contributed by atoms with E-state index in [1.165, 1.54) is 11.0 Å². The van der Waals surface area contributed by atoms with E-state index in [1.54, 1.807) is 9.80 Å². The Bertz CT molecular complexity index is 1900. The monoisotopic (exact) mass is 903 g/mol. The first kappa shape index (κ1) is 46.7. The number of nitrogens with one attached hydrogen (secondary N) is 1. The number of fused-ring (bicyclic) bond motifs is 1. The van der Waals surface area contributed by atoms with Crippen molar-refractivity contribution in [2.45, 2.75) is 82.5 Å². The van der Waals surface area contributed by atoms with Gasteiger partial charge < -0.3 is 44.9 Å². The number of likely N-dealkylation sites (tertiary alicyclic amines) is 3. The first-order valence-electron chi connectivity index (χ1n) is 22.6. The zero-order valence-electron chi connectivity index (χ0n) is 35.9. The number of hydrogen-bond donors (Lipinski definition) is 2. The van der Waals surface area contributed by atoms with Crippen LogP contribution in [0.2, 0.25) is 5.02 Å². The van der Waals surface area contributed by atoms with Crippen LogP contribution in [0, 0.1) is 11.8 Å². The van der Waals surface area contributed by atoms with E-state index < -0.39 is 35.5 Å². The molecule has 0 aromatic heterocycles. The molecule has 63 heavy (non-hydrogen) atoms. The van der Waals surface area contributed by atoms with Crippen molar-refractivity contribution in [1.82, 2.24) is 24.5 Å². The molecule has 2 aromatic carbocycles. The molecule has 5 aliphatic heterocycles. The number of nitrogens with two attached hydrogens (primary N) is 1. The lowest BCUT2D eigenvalue weighted by Crippen LogP contribution is -2.52. The maximum Gasteiger partial charge on any atom is 0.418 e. The number of morpholine rings is 1. The maximum absolute atomic E-state index is 14.2. The fourth-order valence-corrected chi connectivity index (χ4v) is 10.0. The summed E-state index contributed by atoms with van der Waals surface area (Å²) in [5, 5.41) is 2.69. The minimum absolute atomic E-state index is 0.0678. The Morgan fingerprint density at radius 1 is 0.857 bits per heavy atom.